The molecule has 1 saturated carbocycles. The molecule has 0 radical (unpaired) electrons. The zero-order chi connectivity index (χ0) is 16.7. The summed E-state index contributed by atoms with van der Waals surface area (Å²) in [6.45, 7) is 2.08. The van der Waals surface area contributed by atoms with E-state index in [0.29, 0.717) is 6.61 Å². The maximum Gasteiger partial charge on any atom is 0.407 e. The number of hydrogen-bond acceptors (Lipinski definition) is 3. The lowest BCUT2D eigenvalue weighted by atomic mass is 9.98. The Morgan fingerprint density at radius 2 is 1.75 bits per heavy atom. The lowest BCUT2D eigenvalue weighted by Crippen LogP contribution is -2.30. The molecule has 0 bridgehead atoms. The Hall–Kier alpha value is -2.33. The zero-order valence-electron chi connectivity index (χ0n) is 13.6. The summed E-state index contributed by atoms with van der Waals surface area (Å²) in [6, 6.07) is 16.6. The van der Waals surface area contributed by atoms with Crippen molar-refractivity contribution >= 4 is 6.09 Å². The minimum absolute atomic E-state index is 0.0423. The van der Waals surface area contributed by atoms with Gasteiger partial charge in [0.2, 0.25) is 0 Å². The molecule has 0 heterocycles. The zero-order valence-corrected chi connectivity index (χ0v) is 13.6. The van der Waals surface area contributed by atoms with E-state index in [9.17, 15) is 9.90 Å². The third kappa shape index (κ3) is 2.67. The Kier molecular flexibility index (Phi) is 3.77. The van der Waals surface area contributed by atoms with Gasteiger partial charge in [-0.1, -0.05) is 48.5 Å². The van der Waals surface area contributed by atoms with Crippen molar-refractivity contribution in [2.75, 3.05) is 6.61 Å². The molecular formula is C20H21NO3. The monoisotopic (exact) mass is 323 g/mol. The SMILES string of the molecule is CC(O)[C@@H]1C[C@H]1NC(=O)OCC1c2ccccc2-c2ccccc21. The fourth-order valence-corrected chi connectivity index (χ4v) is 3.71. The summed E-state index contributed by atoms with van der Waals surface area (Å²) in [5, 5.41) is 12.3. The van der Waals surface area contributed by atoms with Crippen molar-refractivity contribution in [2.24, 2.45) is 5.92 Å². The van der Waals surface area contributed by atoms with Gasteiger partial charge in [0.05, 0.1) is 6.10 Å². The molecule has 124 valence electrons. The average Bonchev–Trinajstić information content (AvgIpc) is 3.28. The number of ether oxygens (including phenoxy) is 1. The number of alkyl carbamates (subject to hydrolysis) is 1. The summed E-state index contributed by atoms with van der Waals surface area (Å²) in [6.07, 6.45) is 0.0379. The van der Waals surface area contributed by atoms with Crippen LogP contribution in [0.25, 0.3) is 11.1 Å². The van der Waals surface area contributed by atoms with Gasteiger partial charge in [-0.05, 0) is 35.6 Å². The maximum atomic E-state index is 12.0. The molecule has 4 nitrogen and oxygen atoms in total. The fraction of sp³-hybridized carbons (Fsp3) is 0.350. The molecule has 3 atom stereocenters. The molecule has 1 unspecified atom stereocenters. The average molecular weight is 323 g/mol. The lowest BCUT2D eigenvalue weighted by molar-refractivity contribution is 0.137. The Morgan fingerprint density at radius 3 is 2.29 bits per heavy atom. The van der Waals surface area contributed by atoms with Crippen LogP contribution in [0.1, 0.15) is 30.4 Å². The molecule has 2 aliphatic carbocycles. The minimum atomic E-state index is -0.398. The molecule has 1 fully saturated rings. The smallest absolute Gasteiger partial charge is 0.407 e. The summed E-state index contributed by atoms with van der Waals surface area (Å²) in [5.74, 6) is 0.236. The number of benzene rings is 2. The predicted molar refractivity (Wildman–Crippen MR) is 91.8 cm³/mol. The van der Waals surface area contributed by atoms with Crippen molar-refractivity contribution in [2.45, 2.75) is 31.4 Å². The van der Waals surface area contributed by atoms with E-state index >= 15 is 0 Å². The molecular weight excluding hydrogens is 302 g/mol. The van der Waals surface area contributed by atoms with Crippen LogP contribution < -0.4 is 5.32 Å². The highest BCUT2D eigenvalue weighted by Crippen LogP contribution is 2.44. The van der Waals surface area contributed by atoms with Crippen molar-refractivity contribution < 1.29 is 14.6 Å². The van der Waals surface area contributed by atoms with Crippen LogP contribution in [0, 0.1) is 5.92 Å². The standard InChI is InChI=1S/C20H21NO3/c1-12(22)17-10-19(17)21-20(23)24-11-18-15-8-4-2-6-13(15)14-7-3-5-9-16(14)18/h2-9,12,17-19,22H,10-11H2,1H3,(H,21,23)/t12?,17-,19+/m0/s1. The fourth-order valence-electron chi connectivity index (χ4n) is 3.71. The minimum Gasteiger partial charge on any atom is -0.449 e. The molecule has 2 aromatic rings. The second kappa shape index (κ2) is 5.95. The van der Waals surface area contributed by atoms with Crippen LogP contribution in [0.15, 0.2) is 48.5 Å². The molecule has 0 aliphatic heterocycles. The Balaban J connectivity index is 1.44. The summed E-state index contributed by atoms with van der Waals surface area (Å²) in [4.78, 5) is 12.0. The predicted octanol–water partition coefficient (Wildman–Crippen LogP) is 3.29. The summed E-state index contributed by atoms with van der Waals surface area (Å²) in [5.41, 5.74) is 4.86. The number of rotatable bonds is 4. The van der Waals surface area contributed by atoms with Gasteiger partial charge in [0, 0.05) is 17.9 Å². The van der Waals surface area contributed by atoms with Crippen LogP contribution in [0.2, 0.25) is 0 Å². The number of carbonyl (C=O) groups is 1. The first kappa shape index (κ1) is 15.2. The normalized spacial score (nSPS) is 22.4. The van der Waals surface area contributed by atoms with Crippen LogP contribution in [0.5, 0.6) is 0 Å². The maximum absolute atomic E-state index is 12.0. The first-order valence-electron chi connectivity index (χ1n) is 8.44. The van der Waals surface area contributed by atoms with Gasteiger partial charge in [-0.3, -0.25) is 0 Å². The molecule has 1 amide bonds. The molecule has 0 aromatic heterocycles. The third-order valence-electron chi connectivity index (χ3n) is 5.11. The van der Waals surface area contributed by atoms with Gasteiger partial charge >= 0.3 is 6.09 Å². The summed E-state index contributed by atoms with van der Waals surface area (Å²) in [7, 11) is 0. The van der Waals surface area contributed by atoms with E-state index in [-0.39, 0.29) is 24.0 Å². The highest BCUT2D eigenvalue weighted by atomic mass is 16.5. The van der Waals surface area contributed by atoms with Crippen LogP contribution in [-0.2, 0) is 4.74 Å². The van der Waals surface area contributed by atoms with E-state index in [1.165, 1.54) is 22.3 Å². The van der Waals surface area contributed by atoms with Gasteiger partial charge in [-0.2, -0.15) is 0 Å². The number of aliphatic hydroxyl groups is 1. The highest BCUT2D eigenvalue weighted by Gasteiger charge is 2.42. The summed E-state index contributed by atoms with van der Waals surface area (Å²) < 4.78 is 5.49. The van der Waals surface area contributed by atoms with E-state index < -0.39 is 6.09 Å². The van der Waals surface area contributed by atoms with Crippen LogP contribution in [0.3, 0.4) is 0 Å². The largest absolute Gasteiger partial charge is 0.449 e. The van der Waals surface area contributed by atoms with Crippen LogP contribution in [0.4, 0.5) is 4.79 Å². The third-order valence-corrected chi connectivity index (χ3v) is 5.11. The van der Waals surface area contributed by atoms with Crippen molar-refractivity contribution in [1.82, 2.24) is 5.32 Å². The van der Waals surface area contributed by atoms with E-state index in [1.807, 2.05) is 24.3 Å². The first-order chi connectivity index (χ1) is 11.6. The Morgan fingerprint density at radius 1 is 1.17 bits per heavy atom. The van der Waals surface area contributed by atoms with Gasteiger partial charge in [0.1, 0.15) is 6.61 Å². The van der Waals surface area contributed by atoms with Crippen molar-refractivity contribution in [3.05, 3.63) is 59.7 Å². The summed E-state index contributed by atoms with van der Waals surface area (Å²) >= 11 is 0. The number of nitrogens with one attached hydrogen (secondary N) is 1. The van der Waals surface area contributed by atoms with E-state index in [2.05, 4.69) is 29.6 Å². The lowest BCUT2D eigenvalue weighted by Gasteiger charge is -2.14. The highest BCUT2D eigenvalue weighted by molar-refractivity contribution is 5.79. The molecule has 2 aromatic carbocycles. The second-order valence-corrected chi connectivity index (χ2v) is 6.72. The quantitative estimate of drug-likeness (QED) is 0.908. The Labute approximate surface area is 141 Å². The van der Waals surface area contributed by atoms with Gasteiger partial charge in [0.25, 0.3) is 0 Å². The van der Waals surface area contributed by atoms with Crippen molar-refractivity contribution in [1.29, 1.82) is 0 Å². The Bertz CT molecular complexity index is 725. The van der Waals surface area contributed by atoms with Crippen LogP contribution in [-0.4, -0.2) is 30.0 Å². The molecule has 24 heavy (non-hydrogen) atoms. The van der Waals surface area contributed by atoms with Gasteiger partial charge in [-0.15, -0.1) is 0 Å². The van der Waals surface area contributed by atoms with E-state index in [0.717, 1.165) is 6.42 Å². The van der Waals surface area contributed by atoms with Crippen molar-refractivity contribution in [3.8, 4) is 11.1 Å². The second-order valence-electron chi connectivity index (χ2n) is 6.72. The van der Waals surface area contributed by atoms with Gasteiger partial charge < -0.3 is 15.2 Å². The van der Waals surface area contributed by atoms with Gasteiger partial charge in [0.15, 0.2) is 0 Å². The van der Waals surface area contributed by atoms with Gasteiger partial charge in [-0.25, -0.2) is 4.79 Å². The number of amides is 1. The number of fused-ring (bicyclic) bond motifs is 3. The van der Waals surface area contributed by atoms with Crippen molar-refractivity contribution in [3.63, 3.8) is 0 Å². The van der Waals surface area contributed by atoms with E-state index in [1.54, 1.807) is 6.92 Å². The molecule has 2 N–H and O–H groups in total. The number of aliphatic hydroxyl groups excluding tert-OH is 1. The molecule has 4 rings (SSSR count). The molecule has 0 saturated heterocycles. The van der Waals surface area contributed by atoms with E-state index in [4.69, 9.17) is 4.74 Å². The molecule has 0 spiro atoms. The molecule has 4 heteroatoms. The number of carbonyl (C=O) groups excluding carboxylic acids is 1. The first-order valence-corrected chi connectivity index (χ1v) is 8.44. The number of hydrogen-bond donors (Lipinski definition) is 2. The molecule has 2 aliphatic rings. The topological polar surface area (TPSA) is 58.6 Å². The van der Waals surface area contributed by atoms with Crippen LogP contribution >= 0.6 is 0 Å².